The highest BCUT2D eigenvalue weighted by Crippen LogP contribution is 2.39. The second-order valence-corrected chi connectivity index (χ2v) is 9.19. The van der Waals surface area contributed by atoms with Gasteiger partial charge in [-0.2, -0.15) is 13.2 Å². The summed E-state index contributed by atoms with van der Waals surface area (Å²) >= 11 is 0. The lowest BCUT2D eigenvalue weighted by atomic mass is 9.97. The topological polar surface area (TPSA) is 69.3 Å². The van der Waals surface area contributed by atoms with Gasteiger partial charge >= 0.3 is 6.18 Å². The van der Waals surface area contributed by atoms with Crippen LogP contribution in [0.1, 0.15) is 30.4 Å². The van der Waals surface area contributed by atoms with E-state index in [2.05, 4.69) is 5.32 Å². The number of carbonyl (C=O) groups is 1. The third kappa shape index (κ3) is 6.94. The molecule has 1 atom stereocenters. The largest absolute Gasteiger partial charge is 0.493 e. The minimum atomic E-state index is -4.43. The van der Waals surface area contributed by atoms with Crippen LogP contribution in [0, 0.1) is 0 Å². The number of morpholine rings is 1. The van der Waals surface area contributed by atoms with Crippen LogP contribution in [-0.4, -0.2) is 70.1 Å². The molecular weight excluding hydrogens is 489 g/mol. The highest BCUT2D eigenvalue weighted by atomic mass is 19.4. The molecule has 1 saturated carbocycles. The minimum absolute atomic E-state index is 0.0912. The number of amides is 1. The molecule has 2 aromatic carbocycles. The zero-order valence-corrected chi connectivity index (χ0v) is 21.1. The standard InChI is InChI=1S/C27H33F3N2O5/c1-34-11-3-12-36-24-14-19(17-32(21-8-9-21)26(33)25-16-31-10-13-37-25)22(15-23(24)35-2)18-4-6-20(7-5-18)27(28,29)30/h4-7,14-15,21,25,31H,3,8-13,16-17H2,1-2H3/t25-/m1/s1. The Balaban J connectivity index is 1.69. The smallest absolute Gasteiger partial charge is 0.416 e. The molecule has 0 aromatic heterocycles. The number of alkyl halides is 3. The molecule has 37 heavy (non-hydrogen) atoms. The van der Waals surface area contributed by atoms with Crippen LogP contribution in [0.3, 0.4) is 0 Å². The third-order valence-electron chi connectivity index (χ3n) is 6.48. The summed E-state index contributed by atoms with van der Waals surface area (Å²) < 4.78 is 61.9. The molecule has 4 rings (SSSR count). The van der Waals surface area contributed by atoms with Crippen LogP contribution in [0.15, 0.2) is 36.4 Å². The Morgan fingerprint density at radius 2 is 1.86 bits per heavy atom. The van der Waals surface area contributed by atoms with Crippen molar-refractivity contribution in [3.63, 3.8) is 0 Å². The van der Waals surface area contributed by atoms with E-state index in [4.69, 9.17) is 18.9 Å². The van der Waals surface area contributed by atoms with Gasteiger partial charge in [0.25, 0.3) is 5.91 Å². The molecule has 2 aliphatic rings. The highest BCUT2D eigenvalue weighted by Gasteiger charge is 2.37. The molecular formula is C27H33F3N2O5. The maximum atomic E-state index is 13.4. The van der Waals surface area contributed by atoms with Gasteiger partial charge in [-0.25, -0.2) is 0 Å². The highest BCUT2D eigenvalue weighted by molar-refractivity contribution is 5.82. The first-order valence-electron chi connectivity index (χ1n) is 12.4. The Labute approximate surface area is 214 Å². The molecule has 0 radical (unpaired) electrons. The monoisotopic (exact) mass is 522 g/mol. The van der Waals surface area contributed by atoms with E-state index in [1.54, 1.807) is 13.2 Å². The lowest BCUT2D eigenvalue weighted by Gasteiger charge is -2.31. The molecule has 10 heteroatoms. The number of hydrogen-bond donors (Lipinski definition) is 1. The van der Waals surface area contributed by atoms with Crippen molar-refractivity contribution in [3.05, 3.63) is 47.5 Å². The molecule has 202 valence electrons. The molecule has 2 fully saturated rings. The van der Waals surface area contributed by atoms with E-state index >= 15 is 0 Å². The Bertz CT molecular complexity index is 1050. The molecule has 0 bridgehead atoms. The quantitative estimate of drug-likeness (QED) is 0.445. The lowest BCUT2D eigenvalue weighted by molar-refractivity contribution is -0.146. The number of halogens is 3. The van der Waals surface area contributed by atoms with Gasteiger partial charge in [0.05, 0.1) is 25.9 Å². The van der Waals surface area contributed by atoms with Gasteiger partial charge in [0.2, 0.25) is 0 Å². The summed E-state index contributed by atoms with van der Waals surface area (Å²) in [6.45, 7) is 2.83. The van der Waals surface area contributed by atoms with Gasteiger partial charge in [-0.05, 0) is 53.8 Å². The Morgan fingerprint density at radius 1 is 1.11 bits per heavy atom. The van der Waals surface area contributed by atoms with Crippen LogP contribution in [0.4, 0.5) is 13.2 Å². The number of nitrogens with one attached hydrogen (secondary N) is 1. The number of ether oxygens (including phenoxy) is 4. The zero-order chi connectivity index (χ0) is 26.4. The number of methoxy groups -OCH3 is 2. The van der Waals surface area contributed by atoms with Crippen LogP contribution in [0.5, 0.6) is 11.5 Å². The Kier molecular flexibility index (Phi) is 8.94. The van der Waals surface area contributed by atoms with Crippen LogP contribution in [-0.2, 0) is 27.0 Å². The van der Waals surface area contributed by atoms with Crippen molar-refractivity contribution in [3.8, 4) is 22.6 Å². The first-order valence-corrected chi connectivity index (χ1v) is 12.4. The van der Waals surface area contributed by atoms with Crippen molar-refractivity contribution >= 4 is 5.91 Å². The predicted molar refractivity (Wildman–Crippen MR) is 132 cm³/mol. The molecule has 1 amide bonds. The minimum Gasteiger partial charge on any atom is -0.493 e. The first kappa shape index (κ1) is 27.2. The first-order chi connectivity index (χ1) is 17.8. The lowest BCUT2D eigenvalue weighted by Crippen LogP contribution is -2.49. The van der Waals surface area contributed by atoms with Gasteiger partial charge in [0, 0.05) is 45.8 Å². The van der Waals surface area contributed by atoms with E-state index in [1.165, 1.54) is 19.2 Å². The summed E-state index contributed by atoms with van der Waals surface area (Å²) in [7, 11) is 3.13. The molecule has 1 saturated heterocycles. The van der Waals surface area contributed by atoms with Gasteiger partial charge in [-0.15, -0.1) is 0 Å². The molecule has 2 aromatic rings. The summed E-state index contributed by atoms with van der Waals surface area (Å²) in [6.07, 6.45) is -2.51. The van der Waals surface area contributed by atoms with Crippen LogP contribution >= 0.6 is 0 Å². The zero-order valence-electron chi connectivity index (χ0n) is 21.1. The SMILES string of the molecule is COCCCOc1cc(CN(C(=O)[C@H]2CNCCO2)C2CC2)c(-c2ccc(C(F)(F)F)cc2)cc1OC. The Hall–Kier alpha value is -2.82. The predicted octanol–water partition coefficient (Wildman–Crippen LogP) is 4.28. The van der Waals surface area contributed by atoms with Crippen molar-refractivity contribution in [2.24, 2.45) is 0 Å². The fraction of sp³-hybridized carbons (Fsp3) is 0.519. The van der Waals surface area contributed by atoms with Crippen molar-refractivity contribution in [2.45, 2.75) is 44.1 Å². The van der Waals surface area contributed by atoms with Gasteiger partial charge in [-0.3, -0.25) is 4.79 Å². The fourth-order valence-corrected chi connectivity index (χ4v) is 4.36. The average molecular weight is 523 g/mol. The second-order valence-electron chi connectivity index (χ2n) is 9.19. The number of carbonyl (C=O) groups excluding carboxylic acids is 1. The maximum Gasteiger partial charge on any atom is 0.416 e. The summed E-state index contributed by atoms with van der Waals surface area (Å²) in [6, 6.07) is 8.69. The second kappa shape index (κ2) is 12.1. The molecule has 0 unspecified atom stereocenters. The van der Waals surface area contributed by atoms with Gasteiger partial charge in [0.1, 0.15) is 6.10 Å². The molecule has 1 aliphatic carbocycles. The van der Waals surface area contributed by atoms with Gasteiger partial charge in [-0.1, -0.05) is 12.1 Å². The van der Waals surface area contributed by atoms with E-state index in [0.717, 1.165) is 30.5 Å². The summed E-state index contributed by atoms with van der Waals surface area (Å²) in [5.74, 6) is 0.870. The van der Waals surface area contributed by atoms with Crippen molar-refractivity contribution in [2.75, 3.05) is 47.1 Å². The van der Waals surface area contributed by atoms with Crippen LogP contribution < -0.4 is 14.8 Å². The number of rotatable bonds is 11. The van der Waals surface area contributed by atoms with Crippen LogP contribution in [0.25, 0.3) is 11.1 Å². The van der Waals surface area contributed by atoms with E-state index in [0.29, 0.717) is 62.0 Å². The van der Waals surface area contributed by atoms with Gasteiger partial charge in [0.15, 0.2) is 11.5 Å². The summed E-state index contributed by atoms with van der Waals surface area (Å²) in [5, 5.41) is 3.19. The van der Waals surface area contributed by atoms with Gasteiger partial charge < -0.3 is 29.2 Å². The molecule has 1 N–H and O–H groups in total. The molecule has 0 spiro atoms. The number of benzene rings is 2. The third-order valence-corrected chi connectivity index (χ3v) is 6.48. The van der Waals surface area contributed by atoms with E-state index < -0.39 is 17.8 Å². The van der Waals surface area contributed by atoms with E-state index in [9.17, 15) is 18.0 Å². The number of nitrogens with zero attached hydrogens (tertiary/aromatic N) is 1. The number of hydrogen-bond acceptors (Lipinski definition) is 6. The summed E-state index contributed by atoms with van der Waals surface area (Å²) in [4.78, 5) is 15.2. The van der Waals surface area contributed by atoms with Crippen molar-refractivity contribution < 1.29 is 36.9 Å². The van der Waals surface area contributed by atoms with E-state index in [-0.39, 0.29) is 18.5 Å². The molecule has 1 heterocycles. The Morgan fingerprint density at radius 3 is 2.46 bits per heavy atom. The van der Waals surface area contributed by atoms with Crippen molar-refractivity contribution in [1.29, 1.82) is 0 Å². The molecule has 7 nitrogen and oxygen atoms in total. The van der Waals surface area contributed by atoms with Crippen LogP contribution in [0.2, 0.25) is 0 Å². The average Bonchev–Trinajstić information content (AvgIpc) is 3.75. The maximum absolute atomic E-state index is 13.4. The fourth-order valence-electron chi connectivity index (χ4n) is 4.36. The van der Waals surface area contributed by atoms with E-state index in [1.807, 2.05) is 11.0 Å². The molecule has 1 aliphatic heterocycles. The van der Waals surface area contributed by atoms with Crippen molar-refractivity contribution in [1.82, 2.24) is 10.2 Å². The normalized spacial score (nSPS) is 17.9. The summed E-state index contributed by atoms with van der Waals surface area (Å²) in [5.41, 5.74) is 1.30.